The van der Waals surface area contributed by atoms with E-state index < -0.39 is 0 Å². The first-order valence-corrected chi connectivity index (χ1v) is 8.59. The second kappa shape index (κ2) is 7.26. The number of fused-ring (bicyclic) bond motifs is 1. The maximum atomic E-state index is 12.7. The van der Waals surface area contributed by atoms with Gasteiger partial charge in [-0.05, 0) is 49.4 Å². The highest BCUT2D eigenvalue weighted by Crippen LogP contribution is 2.25. The molecule has 128 valence electrons. The smallest absolute Gasteiger partial charge is 0.305 e. The van der Waals surface area contributed by atoms with Crippen LogP contribution in [0.2, 0.25) is 5.02 Å². The fourth-order valence-electron chi connectivity index (χ4n) is 3.24. The van der Waals surface area contributed by atoms with Crippen LogP contribution in [0.25, 0.3) is 10.9 Å². The van der Waals surface area contributed by atoms with Crippen molar-refractivity contribution in [3.8, 4) is 0 Å². The fourth-order valence-corrected chi connectivity index (χ4v) is 3.42. The van der Waals surface area contributed by atoms with Gasteiger partial charge in [-0.1, -0.05) is 11.6 Å². The lowest BCUT2D eigenvalue weighted by Crippen LogP contribution is -2.38. The van der Waals surface area contributed by atoms with E-state index in [0.29, 0.717) is 23.1 Å². The van der Waals surface area contributed by atoms with Crippen molar-refractivity contribution >= 4 is 34.4 Å². The standard InChI is InChI=1S/C18H21ClN2O3/c1-24-17(22)5-2-12-6-8-21(9-7-12)18(23)16-11-13-10-14(19)3-4-15(13)20-16/h3-4,10-12,20H,2,5-9H2,1H3. The minimum absolute atomic E-state index is 0.0220. The van der Waals surface area contributed by atoms with Crippen molar-refractivity contribution < 1.29 is 14.3 Å². The maximum absolute atomic E-state index is 12.7. The monoisotopic (exact) mass is 348 g/mol. The lowest BCUT2D eigenvalue weighted by molar-refractivity contribution is -0.141. The zero-order chi connectivity index (χ0) is 17.1. The first-order valence-electron chi connectivity index (χ1n) is 8.21. The molecule has 0 spiro atoms. The van der Waals surface area contributed by atoms with Gasteiger partial charge in [0.2, 0.25) is 0 Å². The van der Waals surface area contributed by atoms with E-state index in [9.17, 15) is 9.59 Å². The quantitative estimate of drug-likeness (QED) is 0.858. The Bertz CT molecular complexity index is 748. The van der Waals surface area contributed by atoms with E-state index in [0.717, 1.165) is 43.3 Å². The molecule has 0 atom stereocenters. The normalized spacial score (nSPS) is 15.7. The molecule has 3 rings (SSSR count). The number of halogens is 1. The third kappa shape index (κ3) is 3.73. The highest BCUT2D eigenvalue weighted by molar-refractivity contribution is 6.31. The molecule has 1 aromatic carbocycles. The van der Waals surface area contributed by atoms with E-state index in [1.807, 2.05) is 23.1 Å². The van der Waals surface area contributed by atoms with Crippen LogP contribution in [-0.4, -0.2) is 42.0 Å². The number of nitrogens with zero attached hydrogens (tertiary/aromatic N) is 1. The van der Waals surface area contributed by atoms with Gasteiger partial charge in [-0.15, -0.1) is 0 Å². The first-order chi connectivity index (χ1) is 11.6. The number of H-pyrrole nitrogens is 1. The van der Waals surface area contributed by atoms with Gasteiger partial charge in [-0.2, -0.15) is 0 Å². The summed E-state index contributed by atoms with van der Waals surface area (Å²) in [7, 11) is 1.41. The number of hydrogen-bond donors (Lipinski definition) is 1. The summed E-state index contributed by atoms with van der Waals surface area (Å²) in [6, 6.07) is 7.39. The third-order valence-electron chi connectivity index (χ3n) is 4.70. The lowest BCUT2D eigenvalue weighted by Gasteiger charge is -2.31. The summed E-state index contributed by atoms with van der Waals surface area (Å²) in [5, 5.41) is 1.60. The number of benzene rings is 1. The summed E-state index contributed by atoms with van der Waals surface area (Å²) in [5.74, 6) is 0.341. The Morgan fingerprint density at radius 3 is 2.75 bits per heavy atom. The molecule has 5 nitrogen and oxygen atoms in total. The molecule has 6 heteroatoms. The van der Waals surface area contributed by atoms with Crippen LogP contribution >= 0.6 is 11.6 Å². The Hall–Kier alpha value is -2.01. The summed E-state index contributed by atoms with van der Waals surface area (Å²) < 4.78 is 4.68. The van der Waals surface area contributed by atoms with E-state index in [1.165, 1.54) is 7.11 Å². The molecule has 1 amide bonds. The number of ether oxygens (including phenoxy) is 1. The number of amides is 1. The van der Waals surface area contributed by atoms with Crippen LogP contribution in [0.5, 0.6) is 0 Å². The predicted octanol–water partition coefficient (Wildman–Crippen LogP) is 3.63. The highest BCUT2D eigenvalue weighted by atomic mass is 35.5. The molecule has 0 aliphatic carbocycles. The van der Waals surface area contributed by atoms with Gasteiger partial charge in [0.15, 0.2) is 0 Å². The second-order valence-electron chi connectivity index (χ2n) is 6.26. The van der Waals surface area contributed by atoms with E-state index in [-0.39, 0.29) is 11.9 Å². The summed E-state index contributed by atoms with van der Waals surface area (Å²) in [4.78, 5) is 28.9. The van der Waals surface area contributed by atoms with Gasteiger partial charge in [0.25, 0.3) is 5.91 Å². The summed E-state index contributed by atoms with van der Waals surface area (Å²) in [6.45, 7) is 1.45. The van der Waals surface area contributed by atoms with Crippen molar-refractivity contribution in [3.05, 3.63) is 35.0 Å². The molecule has 1 saturated heterocycles. The Morgan fingerprint density at radius 1 is 1.29 bits per heavy atom. The molecule has 0 unspecified atom stereocenters. The van der Waals surface area contributed by atoms with Crippen LogP contribution in [0.3, 0.4) is 0 Å². The molecule has 1 N–H and O–H groups in total. The number of carbonyl (C=O) groups is 2. The zero-order valence-electron chi connectivity index (χ0n) is 13.7. The van der Waals surface area contributed by atoms with E-state index in [1.54, 1.807) is 6.07 Å². The van der Waals surface area contributed by atoms with Crippen molar-refractivity contribution in [2.45, 2.75) is 25.7 Å². The average Bonchev–Trinajstić information content (AvgIpc) is 3.02. The molecule has 0 saturated carbocycles. The van der Waals surface area contributed by atoms with Gasteiger partial charge >= 0.3 is 5.97 Å². The molecule has 24 heavy (non-hydrogen) atoms. The Morgan fingerprint density at radius 2 is 2.04 bits per heavy atom. The molecule has 2 heterocycles. The fraction of sp³-hybridized carbons (Fsp3) is 0.444. The van der Waals surface area contributed by atoms with Crippen molar-refractivity contribution in [2.75, 3.05) is 20.2 Å². The predicted molar refractivity (Wildman–Crippen MR) is 93.2 cm³/mol. The topological polar surface area (TPSA) is 62.4 Å². The van der Waals surface area contributed by atoms with E-state index in [4.69, 9.17) is 11.6 Å². The lowest BCUT2D eigenvalue weighted by atomic mass is 9.92. The second-order valence-corrected chi connectivity index (χ2v) is 6.70. The van der Waals surface area contributed by atoms with Crippen molar-refractivity contribution in [1.82, 2.24) is 9.88 Å². The molecular formula is C18H21ClN2O3. The number of aromatic amines is 1. The average molecular weight is 349 g/mol. The van der Waals surface area contributed by atoms with Gasteiger partial charge in [-0.25, -0.2) is 0 Å². The number of piperidine rings is 1. The number of carbonyl (C=O) groups excluding carboxylic acids is 2. The molecule has 1 aliphatic rings. The minimum Gasteiger partial charge on any atom is -0.469 e. The molecular weight excluding hydrogens is 328 g/mol. The molecule has 0 radical (unpaired) electrons. The number of esters is 1. The van der Waals surface area contributed by atoms with Crippen LogP contribution in [0.4, 0.5) is 0 Å². The van der Waals surface area contributed by atoms with E-state index in [2.05, 4.69) is 9.72 Å². The Balaban J connectivity index is 1.59. The number of likely N-dealkylation sites (tertiary alicyclic amines) is 1. The Labute approximate surface area is 145 Å². The number of hydrogen-bond acceptors (Lipinski definition) is 3. The molecule has 2 aromatic rings. The van der Waals surface area contributed by atoms with Crippen LogP contribution in [0.15, 0.2) is 24.3 Å². The largest absolute Gasteiger partial charge is 0.469 e. The van der Waals surface area contributed by atoms with Gasteiger partial charge < -0.3 is 14.6 Å². The summed E-state index contributed by atoms with van der Waals surface area (Å²) in [5.41, 5.74) is 1.51. The number of rotatable bonds is 4. The van der Waals surface area contributed by atoms with Crippen LogP contribution in [0, 0.1) is 5.92 Å². The van der Waals surface area contributed by atoms with Gasteiger partial charge in [0, 0.05) is 35.4 Å². The van der Waals surface area contributed by atoms with Crippen LogP contribution < -0.4 is 0 Å². The highest BCUT2D eigenvalue weighted by Gasteiger charge is 2.25. The number of aromatic nitrogens is 1. The zero-order valence-corrected chi connectivity index (χ0v) is 14.4. The van der Waals surface area contributed by atoms with Gasteiger partial charge in [0.1, 0.15) is 5.69 Å². The van der Waals surface area contributed by atoms with Crippen LogP contribution in [0.1, 0.15) is 36.2 Å². The summed E-state index contributed by atoms with van der Waals surface area (Å²) in [6.07, 6.45) is 3.14. The van der Waals surface area contributed by atoms with Crippen molar-refractivity contribution in [1.29, 1.82) is 0 Å². The molecule has 0 bridgehead atoms. The van der Waals surface area contributed by atoms with Gasteiger partial charge in [-0.3, -0.25) is 9.59 Å². The molecule has 1 fully saturated rings. The van der Waals surface area contributed by atoms with Crippen molar-refractivity contribution in [2.24, 2.45) is 5.92 Å². The Kier molecular flexibility index (Phi) is 5.09. The maximum Gasteiger partial charge on any atom is 0.305 e. The minimum atomic E-state index is -0.162. The van der Waals surface area contributed by atoms with E-state index >= 15 is 0 Å². The molecule has 1 aliphatic heterocycles. The van der Waals surface area contributed by atoms with Gasteiger partial charge in [0.05, 0.1) is 7.11 Å². The molecule has 1 aromatic heterocycles. The number of nitrogens with one attached hydrogen (secondary N) is 1. The third-order valence-corrected chi connectivity index (χ3v) is 4.93. The van der Waals surface area contributed by atoms with Crippen LogP contribution in [-0.2, 0) is 9.53 Å². The first kappa shape index (κ1) is 16.8. The number of methoxy groups -OCH3 is 1. The van der Waals surface area contributed by atoms with Crippen molar-refractivity contribution in [3.63, 3.8) is 0 Å². The SMILES string of the molecule is COC(=O)CCC1CCN(C(=O)c2cc3cc(Cl)ccc3[nH]2)CC1. The summed E-state index contributed by atoms with van der Waals surface area (Å²) >= 11 is 5.99.